The molecule has 3 nitrogen and oxygen atoms in total. The first-order valence-corrected chi connectivity index (χ1v) is 3.14. The molecule has 0 aliphatic carbocycles. The average Bonchev–Trinajstić information content (AvgIpc) is 1.90. The van der Waals surface area contributed by atoms with Crippen molar-refractivity contribution in [2.24, 2.45) is 5.73 Å². The van der Waals surface area contributed by atoms with E-state index in [1.165, 1.54) is 7.11 Å². The van der Waals surface area contributed by atoms with Crippen LogP contribution in [0.5, 0.6) is 0 Å². The zero-order chi connectivity index (χ0) is 8.15. The number of rotatable bonds is 4. The van der Waals surface area contributed by atoms with E-state index in [2.05, 4.69) is 6.58 Å². The van der Waals surface area contributed by atoms with Crippen LogP contribution in [0, 0.1) is 0 Å². The van der Waals surface area contributed by atoms with Gasteiger partial charge < -0.3 is 10.5 Å². The molecule has 0 saturated heterocycles. The Bertz CT molecular complexity index is 139. The van der Waals surface area contributed by atoms with Crippen molar-refractivity contribution < 1.29 is 9.53 Å². The van der Waals surface area contributed by atoms with Crippen molar-refractivity contribution in [1.29, 1.82) is 0 Å². The van der Waals surface area contributed by atoms with Gasteiger partial charge in [-0.25, -0.2) is 0 Å². The first-order chi connectivity index (χ1) is 4.63. The summed E-state index contributed by atoms with van der Waals surface area (Å²) in [6.07, 6.45) is 0.496. The van der Waals surface area contributed by atoms with Crippen molar-refractivity contribution in [3.05, 3.63) is 12.2 Å². The summed E-state index contributed by atoms with van der Waals surface area (Å²) in [5.74, 6) is -0.492. The van der Waals surface area contributed by atoms with E-state index in [9.17, 15) is 4.79 Å². The second-order valence-corrected chi connectivity index (χ2v) is 2.02. The Balaban J connectivity index is 4.02. The lowest BCUT2D eigenvalue weighted by atomic mass is 10.1. The normalized spacial score (nSPS) is 12.6. The summed E-state index contributed by atoms with van der Waals surface area (Å²) in [5.41, 5.74) is 5.31. The lowest BCUT2D eigenvalue weighted by Crippen LogP contribution is -2.24. The summed E-state index contributed by atoms with van der Waals surface area (Å²) in [4.78, 5) is 10.5. The van der Waals surface area contributed by atoms with Crippen LogP contribution in [-0.2, 0) is 9.53 Å². The monoisotopic (exact) mass is 143 g/mol. The van der Waals surface area contributed by atoms with Crippen LogP contribution in [0.25, 0.3) is 0 Å². The van der Waals surface area contributed by atoms with E-state index >= 15 is 0 Å². The molecule has 1 amide bonds. The minimum absolute atomic E-state index is 0.225. The minimum atomic E-state index is -0.492. The van der Waals surface area contributed by atoms with Crippen molar-refractivity contribution in [2.45, 2.75) is 19.4 Å². The predicted molar refractivity (Wildman–Crippen MR) is 39.4 cm³/mol. The third kappa shape index (κ3) is 2.19. The standard InChI is InChI=1S/C7H13NO2/c1-4-6(10-3)5(2)7(8)9/h6H,2,4H2,1,3H3,(H2,8,9). The molecule has 0 bridgehead atoms. The van der Waals surface area contributed by atoms with Gasteiger partial charge in [0.1, 0.15) is 0 Å². The van der Waals surface area contributed by atoms with Crippen molar-refractivity contribution in [3.63, 3.8) is 0 Å². The Labute approximate surface area is 60.9 Å². The Morgan fingerprint density at radius 2 is 2.30 bits per heavy atom. The third-order valence-electron chi connectivity index (χ3n) is 1.36. The highest BCUT2D eigenvalue weighted by atomic mass is 16.5. The highest BCUT2D eigenvalue weighted by Crippen LogP contribution is 2.06. The van der Waals surface area contributed by atoms with E-state index in [1.54, 1.807) is 0 Å². The Kier molecular flexibility index (Phi) is 3.72. The molecular formula is C7H13NO2. The fraction of sp³-hybridized carbons (Fsp3) is 0.571. The molecule has 1 unspecified atom stereocenters. The van der Waals surface area contributed by atoms with Gasteiger partial charge in [0.15, 0.2) is 0 Å². The molecule has 0 heterocycles. The van der Waals surface area contributed by atoms with Gasteiger partial charge in [-0.2, -0.15) is 0 Å². The number of amides is 1. The highest BCUT2D eigenvalue weighted by molar-refractivity contribution is 5.92. The van der Waals surface area contributed by atoms with Gasteiger partial charge in [-0.15, -0.1) is 0 Å². The zero-order valence-electron chi connectivity index (χ0n) is 6.39. The molecule has 0 radical (unpaired) electrons. The van der Waals surface area contributed by atoms with Crippen molar-refractivity contribution in [3.8, 4) is 0 Å². The number of ether oxygens (including phenoxy) is 1. The van der Waals surface area contributed by atoms with E-state index in [-0.39, 0.29) is 6.10 Å². The summed E-state index contributed by atoms with van der Waals surface area (Å²) < 4.78 is 4.92. The van der Waals surface area contributed by atoms with Crippen LogP contribution in [0.1, 0.15) is 13.3 Å². The molecule has 0 spiro atoms. The van der Waals surface area contributed by atoms with Crippen LogP contribution in [0.15, 0.2) is 12.2 Å². The van der Waals surface area contributed by atoms with Crippen molar-refractivity contribution >= 4 is 5.91 Å². The summed E-state index contributed by atoms with van der Waals surface area (Å²) in [6, 6.07) is 0. The number of hydrogen-bond donors (Lipinski definition) is 1. The van der Waals surface area contributed by atoms with Crippen LogP contribution in [-0.4, -0.2) is 19.1 Å². The highest BCUT2D eigenvalue weighted by Gasteiger charge is 2.12. The molecule has 2 N–H and O–H groups in total. The fourth-order valence-electron chi connectivity index (χ4n) is 0.714. The van der Waals surface area contributed by atoms with E-state index in [0.29, 0.717) is 5.57 Å². The molecule has 1 atom stereocenters. The van der Waals surface area contributed by atoms with Crippen molar-refractivity contribution in [1.82, 2.24) is 0 Å². The Morgan fingerprint density at radius 1 is 1.80 bits per heavy atom. The van der Waals surface area contributed by atoms with Gasteiger partial charge in [0.25, 0.3) is 0 Å². The zero-order valence-corrected chi connectivity index (χ0v) is 6.39. The maximum absolute atomic E-state index is 10.5. The Morgan fingerprint density at radius 3 is 2.40 bits per heavy atom. The van der Waals surface area contributed by atoms with Gasteiger partial charge in [0.05, 0.1) is 6.10 Å². The summed E-state index contributed by atoms with van der Waals surface area (Å²) in [7, 11) is 1.53. The number of nitrogens with two attached hydrogens (primary N) is 1. The molecule has 10 heavy (non-hydrogen) atoms. The molecule has 0 aliphatic rings. The van der Waals surface area contributed by atoms with Gasteiger partial charge >= 0.3 is 0 Å². The van der Waals surface area contributed by atoms with Crippen molar-refractivity contribution in [2.75, 3.05) is 7.11 Å². The number of carbonyl (C=O) groups is 1. The van der Waals surface area contributed by atoms with E-state index in [4.69, 9.17) is 10.5 Å². The number of methoxy groups -OCH3 is 1. The molecule has 0 aromatic heterocycles. The van der Waals surface area contributed by atoms with Crippen LogP contribution in [0.3, 0.4) is 0 Å². The number of carbonyl (C=O) groups excluding carboxylic acids is 1. The molecule has 0 rings (SSSR count). The van der Waals surface area contributed by atoms with E-state index in [1.807, 2.05) is 6.92 Å². The molecule has 0 fully saturated rings. The maximum Gasteiger partial charge on any atom is 0.246 e. The van der Waals surface area contributed by atoms with Gasteiger partial charge in [-0.3, -0.25) is 4.79 Å². The molecular weight excluding hydrogens is 130 g/mol. The van der Waals surface area contributed by atoms with E-state index < -0.39 is 5.91 Å². The third-order valence-corrected chi connectivity index (χ3v) is 1.36. The molecule has 0 aliphatic heterocycles. The lowest BCUT2D eigenvalue weighted by Gasteiger charge is -2.12. The fourth-order valence-corrected chi connectivity index (χ4v) is 0.714. The molecule has 0 saturated carbocycles. The van der Waals surface area contributed by atoms with Gasteiger partial charge in [0, 0.05) is 12.7 Å². The van der Waals surface area contributed by atoms with Gasteiger partial charge in [0.2, 0.25) is 5.91 Å². The first kappa shape index (κ1) is 9.17. The van der Waals surface area contributed by atoms with Gasteiger partial charge in [-0.1, -0.05) is 13.5 Å². The maximum atomic E-state index is 10.5. The second kappa shape index (κ2) is 4.06. The molecule has 58 valence electrons. The quantitative estimate of drug-likeness (QED) is 0.581. The molecule has 0 aromatic carbocycles. The summed E-state index contributed by atoms with van der Waals surface area (Å²) in [5, 5.41) is 0. The largest absolute Gasteiger partial charge is 0.377 e. The summed E-state index contributed by atoms with van der Waals surface area (Å²) in [6.45, 7) is 5.40. The van der Waals surface area contributed by atoms with Crippen LogP contribution >= 0.6 is 0 Å². The molecule has 3 heteroatoms. The summed E-state index contributed by atoms with van der Waals surface area (Å²) >= 11 is 0. The van der Waals surface area contributed by atoms with Crippen LogP contribution < -0.4 is 5.73 Å². The predicted octanol–water partition coefficient (Wildman–Crippen LogP) is 0.453. The number of primary amides is 1. The van der Waals surface area contributed by atoms with E-state index in [0.717, 1.165) is 6.42 Å². The Hall–Kier alpha value is -0.830. The van der Waals surface area contributed by atoms with Crippen LogP contribution in [0.2, 0.25) is 0 Å². The number of hydrogen-bond acceptors (Lipinski definition) is 2. The second-order valence-electron chi connectivity index (χ2n) is 2.02. The minimum Gasteiger partial charge on any atom is -0.377 e. The molecule has 0 aromatic rings. The smallest absolute Gasteiger partial charge is 0.246 e. The SMILES string of the molecule is C=C(C(N)=O)C(CC)OC. The first-order valence-electron chi connectivity index (χ1n) is 3.14. The average molecular weight is 143 g/mol. The topological polar surface area (TPSA) is 52.3 Å². The van der Waals surface area contributed by atoms with Gasteiger partial charge in [-0.05, 0) is 6.42 Å². The van der Waals surface area contributed by atoms with Crippen LogP contribution in [0.4, 0.5) is 0 Å². The lowest BCUT2D eigenvalue weighted by molar-refractivity contribution is -0.115.